The van der Waals surface area contributed by atoms with Crippen LogP contribution in [-0.4, -0.2) is 4.57 Å². The van der Waals surface area contributed by atoms with E-state index < -0.39 is 0 Å². The van der Waals surface area contributed by atoms with Crippen molar-refractivity contribution in [2.24, 2.45) is 0 Å². The van der Waals surface area contributed by atoms with E-state index in [0.717, 1.165) is 38.8 Å². The van der Waals surface area contributed by atoms with E-state index >= 15 is 0 Å². The van der Waals surface area contributed by atoms with Crippen LogP contribution in [0.25, 0.3) is 115 Å². The minimum Gasteiger partial charge on any atom is -0.455 e. The number of hydrogen-bond acceptors (Lipinski definition) is 1. The Hall–Kier alpha value is -7.68. The van der Waals surface area contributed by atoms with Gasteiger partial charge >= 0.3 is 0 Å². The Morgan fingerprint density at radius 1 is 0.293 bits per heavy atom. The molecule has 270 valence electrons. The fourth-order valence-corrected chi connectivity index (χ4v) is 9.41. The summed E-state index contributed by atoms with van der Waals surface area (Å²) < 4.78 is 8.86. The third-order valence-corrected chi connectivity index (χ3v) is 12.0. The highest BCUT2D eigenvalue weighted by Crippen LogP contribution is 2.45. The molecule has 12 aromatic rings. The van der Waals surface area contributed by atoms with Crippen molar-refractivity contribution in [2.45, 2.75) is 0 Å². The van der Waals surface area contributed by atoms with Crippen LogP contribution in [0.15, 0.2) is 217 Å². The number of benzene rings is 10. The van der Waals surface area contributed by atoms with Gasteiger partial charge in [-0.3, -0.25) is 0 Å². The highest BCUT2D eigenvalue weighted by atomic mass is 16.3. The molecule has 58 heavy (non-hydrogen) atoms. The van der Waals surface area contributed by atoms with Crippen molar-refractivity contribution in [3.05, 3.63) is 212 Å². The Balaban J connectivity index is 1.00. The van der Waals surface area contributed by atoms with Gasteiger partial charge in [0.05, 0.1) is 11.0 Å². The predicted molar refractivity (Wildman–Crippen MR) is 245 cm³/mol. The van der Waals surface area contributed by atoms with Gasteiger partial charge in [0, 0.05) is 32.8 Å². The summed E-state index contributed by atoms with van der Waals surface area (Å²) in [4.78, 5) is 0. The Kier molecular flexibility index (Phi) is 7.26. The van der Waals surface area contributed by atoms with Gasteiger partial charge in [0.1, 0.15) is 11.2 Å². The molecule has 0 aliphatic rings. The first-order chi connectivity index (χ1) is 28.8. The van der Waals surface area contributed by atoms with Crippen LogP contribution in [0, 0.1) is 0 Å². The summed E-state index contributed by atoms with van der Waals surface area (Å²) in [5.41, 5.74) is 15.0. The molecule has 10 aromatic carbocycles. The Bertz CT molecular complexity index is 3490. The van der Waals surface area contributed by atoms with E-state index in [1.165, 1.54) is 76.7 Å². The summed E-state index contributed by atoms with van der Waals surface area (Å²) in [5, 5.41) is 9.73. The second-order valence-corrected chi connectivity index (χ2v) is 15.2. The largest absolute Gasteiger partial charge is 0.455 e. The minimum atomic E-state index is 0.914. The second-order valence-electron chi connectivity index (χ2n) is 15.2. The van der Waals surface area contributed by atoms with Crippen molar-refractivity contribution >= 4 is 65.3 Å². The van der Waals surface area contributed by atoms with Crippen molar-refractivity contribution in [1.82, 2.24) is 4.57 Å². The minimum absolute atomic E-state index is 0.914. The molecule has 0 radical (unpaired) electrons. The molecule has 0 bridgehead atoms. The standard InChI is InChI=1S/C56H35NO/c1-2-14-36(15-3-1)38-16-12-17-40(34-38)55-47-22-6-4-20-45(47)54(46-21-5-7-23-48(46)55)37-28-31-41(32-29-37)57-51-26-10-8-18-43(51)50-35-39(30-33-52(50)57)42-24-13-25-49-44-19-9-11-27-53(44)58-56(42)49/h1-35H. The zero-order chi connectivity index (χ0) is 38.2. The third kappa shape index (κ3) is 4.99. The van der Waals surface area contributed by atoms with E-state index in [9.17, 15) is 0 Å². The van der Waals surface area contributed by atoms with Gasteiger partial charge in [-0.25, -0.2) is 0 Å². The zero-order valence-corrected chi connectivity index (χ0v) is 31.6. The van der Waals surface area contributed by atoms with E-state index in [2.05, 4.69) is 205 Å². The van der Waals surface area contributed by atoms with Crippen molar-refractivity contribution in [3.8, 4) is 50.2 Å². The molecular formula is C56H35NO. The average Bonchev–Trinajstić information content (AvgIpc) is 3.84. The first-order valence-electron chi connectivity index (χ1n) is 19.9. The average molecular weight is 738 g/mol. The quantitative estimate of drug-likeness (QED) is 0.161. The lowest BCUT2D eigenvalue weighted by Crippen LogP contribution is -1.95. The molecule has 2 heterocycles. The lowest BCUT2D eigenvalue weighted by Gasteiger charge is -2.18. The monoisotopic (exact) mass is 737 g/mol. The summed E-state index contributed by atoms with van der Waals surface area (Å²) in [5.74, 6) is 0. The maximum absolute atomic E-state index is 6.46. The van der Waals surface area contributed by atoms with Crippen molar-refractivity contribution in [3.63, 3.8) is 0 Å². The van der Waals surface area contributed by atoms with Crippen LogP contribution >= 0.6 is 0 Å². The summed E-state index contributed by atoms with van der Waals surface area (Å²) >= 11 is 0. The fraction of sp³-hybridized carbons (Fsp3) is 0. The number of fused-ring (bicyclic) bond motifs is 8. The summed E-state index contributed by atoms with van der Waals surface area (Å²) in [6.45, 7) is 0. The normalized spacial score (nSPS) is 11.8. The molecular weight excluding hydrogens is 703 g/mol. The van der Waals surface area contributed by atoms with Gasteiger partial charge < -0.3 is 8.98 Å². The van der Waals surface area contributed by atoms with Gasteiger partial charge in [0.25, 0.3) is 0 Å². The first kappa shape index (κ1) is 32.6. The van der Waals surface area contributed by atoms with Gasteiger partial charge in [-0.15, -0.1) is 0 Å². The van der Waals surface area contributed by atoms with Gasteiger partial charge in [0.2, 0.25) is 0 Å². The number of hydrogen-bond donors (Lipinski definition) is 0. The molecule has 0 amide bonds. The number of rotatable bonds is 5. The number of furan rings is 1. The molecule has 0 N–H and O–H groups in total. The summed E-state index contributed by atoms with van der Waals surface area (Å²) in [6.07, 6.45) is 0. The molecule has 0 aliphatic carbocycles. The van der Waals surface area contributed by atoms with Gasteiger partial charge in [0.15, 0.2) is 0 Å². The molecule has 0 spiro atoms. The Labute approximate surface area is 335 Å². The smallest absolute Gasteiger partial charge is 0.143 e. The molecule has 0 saturated carbocycles. The van der Waals surface area contributed by atoms with Gasteiger partial charge in [-0.1, -0.05) is 170 Å². The van der Waals surface area contributed by atoms with E-state index in [0.29, 0.717) is 0 Å². The number of para-hydroxylation sites is 3. The van der Waals surface area contributed by atoms with E-state index in [-0.39, 0.29) is 0 Å². The molecule has 12 rings (SSSR count). The Morgan fingerprint density at radius 3 is 1.57 bits per heavy atom. The van der Waals surface area contributed by atoms with E-state index in [4.69, 9.17) is 4.42 Å². The number of nitrogens with zero attached hydrogens (tertiary/aromatic N) is 1. The summed E-state index contributed by atoms with van der Waals surface area (Å²) in [7, 11) is 0. The molecule has 2 heteroatoms. The van der Waals surface area contributed by atoms with Crippen LogP contribution in [-0.2, 0) is 0 Å². The van der Waals surface area contributed by atoms with E-state index in [1.54, 1.807) is 0 Å². The van der Waals surface area contributed by atoms with Crippen molar-refractivity contribution in [1.29, 1.82) is 0 Å². The molecule has 2 aromatic heterocycles. The van der Waals surface area contributed by atoms with Crippen LogP contribution in [0.5, 0.6) is 0 Å². The van der Waals surface area contributed by atoms with E-state index in [1.807, 2.05) is 12.1 Å². The SMILES string of the molecule is c1ccc(-c2cccc(-c3c4ccccc4c(-c4ccc(-n5c6ccccc6c6cc(-c7cccc8c7oc7ccccc78)ccc65)cc4)c4ccccc34)c2)cc1. The van der Waals surface area contributed by atoms with Crippen LogP contribution < -0.4 is 0 Å². The predicted octanol–water partition coefficient (Wildman–Crippen LogP) is 15.7. The molecule has 2 nitrogen and oxygen atoms in total. The van der Waals surface area contributed by atoms with Crippen molar-refractivity contribution in [2.75, 3.05) is 0 Å². The van der Waals surface area contributed by atoms with Crippen molar-refractivity contribution < 1.29 is 4.42 Å². The van der Waals surface area contributed by atoms with Crippen LogP contribution in [0.4, 0.5) is 0 Å². The maximum atomic E-state index is 6.46. The second kappa shape index (κ2) is 12.9. The molecule has 0 aliphatic heterocycles. The van der Waals surface area contributed by atoms with Crippen LogP contribution in [0.3, 0.4) is 0 Å². The fourth-order valence-electron chi connectivity index (χ4n) is 9.41. The highest BCUT2D eigenvalue weighted by molar-refractivity contribution is 6.21. The topological polar surface area (TPSA) is 18.1 Å². The molecule has 0 atom stereocenters. The highest BCUT2D eigenvalue weighted by Gasteiger charge is 2.19. The lowest BCUT2D eigenvalue weighted by atomic mass is 9.85. The summed E-state index contributed by atoms with van der Waals surface area (Å²) in [6, 6.07) is 77.0. The molecule has 0 unspecified atom stereocenters. The Morgan fingerprint density at radius 2 is 0.828 bits per heavy atom. The van der Waals surface area contributed by atoms with Gasteiger partial charge in [-0.05, 0) is 103 Å². The zero-order valence-electron chi connectivity index (χ0n) is 31.6. The number of aromatic nitrogens is 1. The first-order valence-corrected chi connectivity index (χ1v) is 19.9. The van der Waals surface area contributed by atoms with Crippen LogP contribution in [0.2, 0.25) is 0 Å². The van der Waals surface area contributed by atoms with Crippen LogP contribution in [0.1, 0.15) is 0 Å². The molecule has 0 fully saturated rings. The van der Waals surface area contributed by atoms with Gasteiger partial charge in [-0.2, -0.15) is 0 Å². The third-order valence-electron chi connectivity index (χ3n) is 12.0. The lowest BCUT2D eigenvalue weighted by molar-refractivity contribution is 0.670. The maximum Gasteiger partial charge on any atom is 0.143 e. The molecule has 0 saturated heterocycles.